The van der Waals surface area contributed by atoms with Gasteiger partial charge < -0.3 is 15.1 Å². The van der Waals surface area contributed by atoms with Gasteiger partial charge in [0, 0.05) is 30.2 Å². The second kappa shape index (κ2) is 9.52. The van der Waals surface area contributed by atoms with Crippen LogP contribution in [0.15, 0.2) is 30.3 Å². The number of alkyl halides is 3. The molecule has 0 saturated carbocycles. The van der Waals surface area contributed by atoms with Crippen molar-refractivity contribution >= 4 is 17.5 Å². The van der Waals surface area contributed by atoms with Crippen LogP contribution < -0.4 is 10.2 Å². The van der Waals surface area contributed by atoms with E-state index in [2.05, 4.69) is 20.1 Å². The van der Waals surface area contributed by atoms with Gasteiger partial charge in [0.25, 0.3) is 5.91 Å². The Hall–Kier alpha value is -2.68. The first-order valence-electron chi connectivity index (χ1n) is 11.9. The topological polar surface area (TPSA) is 61.4 Å². The van der Waals surface area contributed by atoms with Crippen LogP contribution in [-0.2, 0) is 11.6 Å². The van der Waals surface area contributed by atoms with E-state index in [0.717, 1.165) is 38.1 Å². The smallest absolute Gasteiger partial charge is 0.341 e. The van der Waals surface area contributed by atoms with Crippen LogP contribution in [0.5, 0.6) is 0 Å². The number of aromatic nitrogens is 2. The number of carbonyl (C=O) groups is 1. The summed E-state index contributed by atoms with van der Waals surface area (Å²) >= 11 is 0. The van der Waals surface area contributed by atoms with Crippen LogP contribution in [0.25, 0.3) is 0 Å². The van der Waals surface area contributed by atoms with E-state index in [-0.39, 0.29) is 16.8 Å². The zero-order valence-electron chi connectivity index (χ0n) is 20.0. The van der Waals surface area contributed by atoms with Gasteiger partial charge in [0.15, 0.2) is 0 Å². The number of piperidine rings is 1. The van der Waals surface area contributed by atoms with Crippen molar-refractivity contribution in [1.82, 2.24) is 14.9 Å². The molecule has 4 rings (SSSR count). The normalized spacial score (nSPS) is 18.4. The summed E-state index contributed by atoms with van der Waals surface area (Å²) in [5.74, 6) is -0.0538. The molecule has 1 N–H and O–H groups in total. The van der Waals surface area contributed by atoms with Crippen molar-refractivity contribution < 1.29 is 18.0 Å². The molecule has 1 amide bonds. The van der Waals surface area contributed by atoms with E-state index in [0.29, 0.717) is 17.7 Å². The van der Waals surface area contributed by atoms with Gasteiger partial charge in [-0.1, -0.05) is 26.8 Å². The standard InChI is InChI=1S/C25H32F3N5O/c1-24(2,3)21-16-20(22(34)29-18-8-6-7-17(15-18)25(26,27)28)30-23(31-21)33-13-9-19(10-14-33)32-11-4-5-12-32/h6-8,15-16,19H,4-5,9-14H2,1-3H3,(H,29,34). The molecule has 3 heterocycles. The molecule has 2 aliphatic heterocycles. The Balaban J connectivity index is 1.54. The minimum absolute atomic E-state index is 0.0729. The van der Waals surface area contributed by atoms with Crippen LogP contribution >= 0.6 is 0 Å². The first kappa shape index (κ1) is 24.4. The average molecular weight is 476 g/mol. The van der Waals surface area contributed by atoms with Gasteiger partial charge in [-0.05, 0) is 63.0 Å². The SMILES string of the molecule is CC(C)(C)c1cc(C(=O)Nc2cccc(C(F)(F)F)c2)nc(N2CCC(N3CCCC3)CC2)n1. The summed E-state index contributed by atoms with van der Waals surface area (Å²) in [5, 5.41) is 2.57. The number of rotatable bonds is 4. The molecule has 184 valence electrons. The minimum atomic E-state index is -4.48. The molecular formula is C25H32F3N5O. The summed E-state index contributed by atoms with van der Waals surface area (Å²) < 4.78 is 39.2. The van der Waals surface area contributed by atoms with Gasteiger partial charge in [-0.15, -0.1) is 0 Å². The predicted molar refractivity (Wildman–Crippen MR) is 126 cm³/mol. The third-order valence-corrected chi connectivity index (χ3v) is 6.57. The highest BCUT2D eigenvalue weighted by molar-refractivity contribution is 6.03. The van der Waals surface area contributed by atoms with E-state index < -0.39 is 17.6 Å². The molecule has 0 bridgehead atoms. The van der Waals surface area contributed by atoms with Gasteiger partial charge in [0.2, 0.25) is 5.95 Å². The van der Waals surface area contributed by atoms with Crippen LogP contribution in [-0.4, -0.2) is 53.0 Å². The summed E-state index contributed by atoms with van der Waals surface area (Å²) in [4.78, 5) is 27.0. The van der Waals surface area contributed by atoms with Crippen LogP contribution in [0, 0.1) is 0 Å². The average Bonchev–Trinajstić information content (AvgIpc) is 3.33. The molecule has 0 aliphatic carbocycles. The van der Waals surface area contributed by atoms with E-state index in [1.165, 1.54) is 38.1 Å². The molecule has 0 spiro atoms. The van der Waals surface area contributed by atoms with Gasteiger partial charge in [-0.2, -0.15) is 13.2 Å². The van der Waals surface area contributed by atoms with Crippen LogP contribution in [0.1, 0.15) is 68.2 Å². The molecule has 0 unspecified atom stereocenters. The van der Waals surface area contributed by atoms with Crippen molar-refractivity contribution in [1.29, 1.82) is 0 Å². The highest BCUT2D eigenvalue weighted by atomic mass is 19.4. The van der Waals surface area contributed by atoms with E-state index in [4.69, 9.17) is 4.98 Å². The first-order valence-corrected chi connectivity index (χ1v) is 11.9. The lowest BCUT2D eigenvalue weighted by Gasteiger charge is -2.37. The maximum Gasteiger partial charge on any atom is 0.416 e. The predicted octanol–water partition coefficient (Wildman–Crippen LogP) is 5.11. The Morgan fingerprint density at radius 2 is 1.68 bits per heavy atom. The number of likely N-dealkylation sites (tertiary alicyclic amines) is 1. The Labute approximate surface area is 198 Å². The summed E-state index contributed by atoms with van der Waals surface area (Å²) in [6.45, 7) is 9.97. The van der Waals surface area contributed by atoms with Crippen molar-refractivity contribution in [3.05, 3.63) is 47.3 Å². The van der Waals surface area contributed by atoms with E-state index in [9.17, 15) is 18.0 Å². The van der Waals surface area contributed by atoms with Gasteiger partial charge in [-0.25, -0.2) is 9.97 Å². The Morgan fingerprint density at radius 1 is 1.00 bits per heavy atom. The lowest BCUT2D eigenvalue weighted by atomic mass is 9.91. The number of benzene rings is 1. The minimum Gasteiger partial charge on any atom is -0.341 e. The van der Waals surface area contributed by atoms with Crippen LogP contribution in [0.2, 0.25) is 0 Å². The van der Waals surface area contributed by atoms with Crippen LogP contribution in [0.3, 0.4) is 0 Å². The molecule has 6 nitrogen and oxygen atoms in total. The molecule has 2 saturated heterocycles. The number of nitrogens with one attached hydrogen (secondary N) is 1. The van der Waals surface area contributed by atoms with E-state index in [1.807, 2.05) is 20.8 Å². The van der Waals surface area contributed by atoms with E-state index in [1.54, 1.807) is 6.07 Å². The van der Waals surface area contributed by atoms with Crippen molar-refractivity contribution in [3.63, 3.8) is 0 Å². The van der Waals surface area contributed by atoms with Gasteiger partial charge in [0.1, 0.15) is 5.69 Å². The number of nitrogens with zero attached hydrogens (tertiary/aromatic N) is 4. The molecule has 2 aliphatic rings. The molecular weight excluding hydrogens is 443 g/mol. The maximum absolute atomic E-state index is 13.1. The highest BCUT2D eigenvalue weighted by Gasteiger charge is 2.31. The van der Waals surface area contributed by atoms with Gasteiger partial charge in [0.05, 0.1) is 11.3 Å². The number of carbonyl (C=O) groups excluding carboxylic acids is 1. The highest BCUT2D eigenvalue weighted by Crippen LogP contribution is 2.31. The first-order chi connectivity index (χ1) is 16.0. The summed E-state index contributed by atoms with van der Waals surface area (Å²) in [5.41, 5.74) is -0.201. The molecule has 34 heavy (non-hydrogen) atoms. The fourth-order valence-electron chi connectivity index (χ4n) is 4.58. The number of amides is 1. The van der Waals surface area contributed by atoms with Crippen molar-refractivity contribution in [2.24, 2.45) is 0 Å². The number of hydrogen-bond donors (Lipinski definition) is 1. The van der Waals surface area contributed by atoms with Crippen LogP contribution in [0.4, 0.5) is 24.8 Å². The molecule has 9 heteroatoms. The van der Waals surface area contributed by atoms with Crippen molar-refractivity contribution in [2.45, 2.75) is 64.1 Å². The summed E-state index contributed by atoms with van der Waals surface area (Å²) in [6, 6.07) is 6.81. The molecule has 2 fully saturated rings. The van der Waals surface area contributed by atoms with Crippen molar-refractivity contribution in [2.75, 3.05) is 36.4 Å². The molecule has 2 aromatic rings. The molecule has 0 radical (unpaired) electrons. The third-order valence-electron chi connectivity index (χ3n) is 6.57. The fourth-order valence-corrected chi connectivity index (χ4v) is 4.58. The molecule has 1 aromatic heterocycles. The Morgan fingerprint density at radius 3 is 2.29 bits per heavy atom. The lowest BCUT2D eigenvalue weighted by Crippen LogP contribution is -2.44. The number of hydrogen-bond acceptors (Lipinski definition) is 5. The zero-order chi connectivity index (χ0) is 24.5. The quantitative estimate of drug-likeness (QED) is 0.666. The third kappa shape index (κ3) is 5.68. The summed E-state index contributed by atoms with van der Waals surface area (Å²) in [6.07, 6.45) is 0.0930. The lowest BCUT2D eigenvalue weighted by molar-refractivity contribution is -0.137. The number of halogens is 3. The summed E-state index contributed by atoms with van der Waals surface area (Å²) in [7, 11) is 0. The van der Waals surface area contributed by atoms with E-state index >= 15 is 0 Å². The van der Waals surface area contributed by atoms with Gasteiger partial charge >= 0.3 is 6.18 Å². The Kier molecular flexibility index (Phi) is 6.85. The monoisotopic (exact) mass is 475 g/mol. The largest absolute Gasteiger partial charge is 0.416 e. The zero-order valence-corrected chi connectivity index (χ0v) is 20.0. The number of anilines is 2. The molecule has 0 atom stereocenters. The fraction of sp³-hybridized carbons (Fsp3) is 0.560. The maximum atomic E-state index is 13.1. The molecule has 1 aromatic carbocycles. The second-order valence-electron chi connectivity index (χ2n) is 10.2. The Bertz CT molecular complexity index is 1020. The van der Waals surface area contributed by atoms with Crippen molar-refractivity contribution in [3.8, 4) is 0 Å². The second-order valence-corrected chi connectivity index (χ2v) is 10.2. The van der Waals surface area contributed by atoms with Gasteiger partial charge in [-0.3, -0.25) is 4.79 Å².